The number of nitrogens with two attached hydrogens (primary N) is 2. The van der Waals surface area contributed by atoms with Crippen molar-refractivity contribution in [2.45, 2.75) is 24.9 Å². The molecule has 2 aromatic carbocycles. The molecule has 0 aliphatic carbocycles. The number of hydrogen-bond donors (Lipinski definition) is 4. The Morgan fingerprint density at radius 3 is 1.35 bits per heavy atom. The van der Waals surface area contributed by atoms with Gasteiger partial charge in [-0.1, -0.05) is 24.3 Å². The molecule has 2 atom stereocenters. The number of hydrogen-bond acceptors (Lipinski definition) is 8. The van der Waals surface area contributed by atoms with Crippen molar-refractivity contribution in [3.05, 3.63) is 131 Å². The van der Waals surface area contributed by atoms with Gasteiger partial charge in [0, 0.05) is 0 Å². The lowest BCUT2D eigenvalue weighted by atomic mass is 10.1. The second kappa shape index (κ2) is 12.6. The Morgan fingerprint density at radius 2 is 0.938 bits per heavy atom. The lowest BCUT2D eigenvalue weighted by Crippen LogP contribution is -2.36. The van der Waals surface area contributed by atoms with Crippen LogP contribution in [0.3, 0.4) is 0 Å². The lowest BCUT2D eigenvalue weighted by molar-refractivity contribution is 0.0881. The van der Waals surface area contributed by atoms with E-state index in [-0.39, 0.29) is 36.3 Å². The molecule has 10 nitrogen and oxygen atoms in total. The van der Waals surface area contributed by atoms with E-state index in [0.717, 1.165) is 11.1 Å². The standard InChI is InChI=1S/C38H32N6O4/c39-35(17-23-1-13-33(45)14-2-23)37(47)43-29-9-10-30(43)20-26-6-8-28(42-26)22-32-12-11-31(21-27-7-5-25(19-29)41-27)44(32)38(48)36(40)18-24-3-15-34(46)16-4-24/h1-16,19-22,35-36,45-46H,17-18,39-40H2/t35-,36-/m0/s1/i9D. The summed E-state index contributed by atoms with van der Waals surface area (Å²) in [4.78, 5) is 37.3. The highest BCUT2D eigenvalue weighted by Gasteiger charge is 2.21. The molecule has 2 aliphatic rings. The van der Waals surface area contributed by atoms with Crippen molar-refractivity contribution in [1.82, 2.24) is 19.1 Å². The Kier molecular flexibility index (Phi) is 7.69. The van der Waals surface area contributed by atoms with Gasteiger partial charge in [0.25, 0.3) is 0 Å². The molecule has 0 saturated carbocycles. The molecule has 48 heavy (non-hydrogen) atoms. The van der Waals surface area contributed by atoms with Crippen molar-refractivity contribution >= 4 is 58.2 Å². The second-order valence-corrected chi connectivity index (χ2v) is 11.8. The van der Waals surface area contributed by atoms with Crippen LogP contribution in [0.15, 0.2) is 97.0 Å². The predicted molar refractivity (Wildman–Crippen MR) is 187 cm³/mol. The molecule has 3 aromatic heterocycles. The summed E-state index contributed by atoms with van der Waals surface area (Å²) in [5.41, 5.74) is 18.6. The fourth-order valence-corrected chi connectivity index (χ4v) is 5.81. The first-order valence-electron chi connectivity index (χ1n) is 15.9. The van der Waals surface area contributed by atoms with E-state index in [1.54, 1.807) is 108 Å². The number of aromatic hydroxyl groups is 2. The maximum absolute atomic E-state index is 13.9. The monoisotopic (exact) mass is 637 g/mol. The van der Waals surface area contributed by atoms with Crippen LogP contribution in [0.5, 0.6) is 11.5 Å². The highest BCUT2D eigenvalue weighted by atomic mass is 16.3. The zero-order valence-corrected chi connectivity index (χ0v) is 25.7. The zero-order chi connectivity index (χ0) is 34.2. The molecule has 238 valence electrons. The third kappa shape index (κ3) is 6.30. The Bertz CT molecular complexity index is 2340. The molecule has 0 amide bonds. The van der Waals surface area contributed by atoms with Crippen LogP contribution >= 0.6 is 0 Å². The maximum Gasteiger partial charge on any atom is 0.248 e. The molecule has 5 aromatic rings. The summed E-state index contributed by atoms with van der Waals surface area (Å²) in [6.07, 6.45) is 7.65. The Hall–Kier alpha value is -6.10. The Morgan fingerprint density at radius 1 is 0.583 bits per heavy atom. The SMILES string of the molecule is [2H]c1cc2cc3nc(cc4ccc(cc5nc(cc1n2C(=O)[C@@H](N)Cc1ccc(O)cc1)C=C5)n4C(=O)[C@@H](N)Cc1ccc(O)cc1)C=C3. The lowest BCUT2D eigenvalue weighted by Gasteiger charge is -2.13. The van der Waals surface area contributed by atoms with Crippen molar-refractivity contribution < 1.29 is 21.2 Å². The minimum Gasteiger partial charge on any atom is -0.508 e. The van der Waals surface area contributed by atoms with Crippen LogP contribution in [0.1, 0.15) is 44.9 Å². The molecule has 8 bridgehead atoms. The summed E-state index contributed by atoms with van der Waals surface area (Å²) in [5, 5.41) is 19.3. The van der Waals surface area contributed by atoms with E-state index in [1.165, 1.54) is 4.57 Å². The fourth-order valence-electron chi connectivity index (χ4n) is 5.81. The molecule has 0 unspecified atom stereocenters. The van der Waals surface area contributed by atoms with Crippen molar-refractivity contribution in [2.24, 2.45) is 11.5 Å². The summed E-state index contributed by atoms with van der Waals surface area (Å²) in [7, 11) is 0. The third-order valence-corrected chi connectivity index (χ3v) is 8.21. The first kappa shape index (κ1) is 29.3. The van der Waals surface area contributed by atoms with Gasteiger partial charge in [-0.25, -0.2) is 9.97 Å². The number of aromatic nitrogens is 4. The smallest absolute Gasteiger partial charge is 0.248 e. The van der Waals surface area contributed by atoms with Crippen LogP contribution in [0.25, 0.3) is 46.4 Å². The molecule has 7 rings (SSSR count). The van der Waals surface area contributed by atoms with E-state index in [2.05, 4.69) is 0 Å². The van der Waals surface area contributed by atoms with E-state index >= 15 is 0 Å². The summed E-state index contributed by atoms with van der Waals surface area (Å²) in [5.74, 6) is -0.479. The quantitative estimate of drug-likeness (QED) is 0.188. The number of carbonyl (C=O) groups excluding carboxylic acids is 2. The van der Waals surface area contributed by atoms with Gasteiger partial charge in [0.15, 0.2) is 0 Å². The van der Waals surface area contributed by atoms with Crippen LogP contribution in [-0.2, 0) is 12.8 Å². The Balaban J connectivity index is 1.36. The van der Waals surface area contributed by atoms with Crippen LogP contribution in [0.2, 0.25) is 0 Å². The molecule has 0 radical (unpaired) electrons. The first-order valence-corrected chi connectivity index (χ1v) is 15.4. The minimum absolute atomic E-state index is 0.110. The van der Waals surface area contributed by atoms with E-state index in [9.17, 15) is 19.8 Å². The number of carbonyl (C=O) groups is 2. The molecule has 2 aliphatic heterocycles. The summed E-state index contributed by atoms with van der Waals surface area (Å²) >= 11 is 0. The molecule has 5 heterocycles. The van der Waals surface area contributed by atoms with E-state index in [1.807, 2.05) is 12.1 Å². The average molecular weight is 638 g/mol. The number of phenols is 2. The van der Waals surface area contributed by atoms with E-state index in [4.69, 9.17) is 22.8 Å². The number of benzene rings is 2. The van der Waals surface area contributed by atoms with Crippen molar-refractivity contribution in [3.8, 4) is 11.5 Å². The van der Waals surface area contributed by atoms with Gasteiger partial charge in [0.05, 0.1) is 58.3 Å². The van der Waals surface area contributed by atoms with Crippen molar-refractivity contribution in [1.29, 1.82) is 0 Å². The van der Waals surface area contributed by atoms with Crippen LogP contribution < -0.4 is 11.5 Å². The van der Waals surface area contributed by atoms with Gasteiger partial charge in [-0.15, -0.1) is 0 Å². The van der Waals surface area contributed by atoms with Gasteiger partial charge in [0.1, 0.15) is 11.5 Å². The van der Waals surface area contributed by atoms with Gasteiger partial charge in [-0.05, 0) is 121 Å². The minimum atomic E-state index is -0.937. The van der Waals surface area contributed by atoms with Gasteiger partial charge >= 0.3 is 0 Å². The molecule has 0 fully saturated rings. The molecule has 0 saturated heterocycles. The van der Waals surface area contributed by atoms with Crippen LogP contribution in [0.4, 0.5) is 0 Å². The van der Waals surface area contributed by atoms with Crippen molar-refractivity contribution in [3.63, 3.8) is 0 Å². The number of fused-ring (bicyclic) bond motifs is 8. The predicted octanol–water partition coefficient (Wildman–Crippen LogP) is 5.43. The van der Waals surface area contributed by atoms with Gasteiger partial charge in [0.2, 0.25) is 11.8 Å². The molecular formula is C38H32N6O4. The van der Waals surface area contributed by atoms with Gasteiger partial charge < -0.3 is 21.7 Å². The molecule has 0 spiro atoms. The normalized spacial score (nSPS) is 13.7. The van der Waals surface area contributed by atoms with Crippen LogP contribution in [-0.4, -0.2) is 53.2 Å². The Labute approximate surface area is 277 Å². The van der Waals surface area contributed by atoms with E-state index < -0.39 is 18.0 Å². The summed E-state index contributed by atoms with van der Waals surface area (Å²) in [6.45, 7) is 0. The van der Waals surface area contributed by atoms with Crippen LogP contribution in [0, 0.1) is 0 Å². The summed E-state index contributed by atoms with van der Waals surface area (Å²) in [6, 6.07) is 23.6. The summed E-state index contributed by atoms with van der Waals surface area (Å²) < 4.78 is 11.8. The number of nitrogens with zero attached hydrogens (tertiary/aromatic N) is 4. The molecular weight excluding hydrogens is 604 g/mol. The second-order valence-electron chi connectivity index (χ2n) is 11.8. The topological polar surface area (TPSA) is 162 Å². The van der Waals surface area contributed by atoms with E-state index in [0.29, 0.717) is 44.8 Å². The van der Waals surface area contributed by atoms with Gasteiger partial charge in [-0.2, -0.15) is 0 Å². The third-order valence-electron chi connectivity index (χ3n) is 8.21. The number of rotatable bonds is 6. The molecule has 6 N–H and O–H groups in total. The highest BCUT2D eigenvalue weighted by Crippen LogP contribution is 2.22. The molecule has 10 heteroatoms. The maximum atomic E-state index is 13.9. The largest absolute Gasteiger partial charge is 0.508 e. The highest BCUT2D eigenvalue weighted by molar-refractivity contribution is 5.96. The van der Waals surface area contributed by atoms with Gasteiger partial charge in [-0.3, -0.25) is 18.7 Å². The first-order chi connectivity index (χ1) is 23.6. The number of phenolic OH excluding ortho intramolecular Hbond substituents is 2. The van der Waals surface area contributed by atoms with Crippen molar-refractivity contribution in [2.75, 3.05) is 0 Å². The zero-order valence-electron chi connectivity index (χ0n) is 26.7. The average Bonchev–Trinajstić information content (AvgIpc) is 3.87. The fraction of sp³-hybridized carbons (Fsp3) is 0.105.